The monoisotopic (exact) mass is 433 g/mol. The van der Waals surface area contributed by atoms with E-state index in [1.54, 1.807) is 12.4 Å². The molecule has 0 aliphatic carbocycles. The van der Waals surface area contributed by atoms with Crippen LogP contribution in [0.1, 0.15) is 37.2 Å². The summed E-state index contributed by atoms with van der Waals surface area (Å²) in [6, 6.07) is 9.54. The molecule has 2 saturated heterocycles. The summed E-state index contributed by atoms with van der Waals surface area (Å²) >= 11 is 0. The lowest BCUT2D eigenvalue weighted by molar-refractivity contribution is 0.135. The molecular weight excluding hydrogens is 406 g/mol. The summed E-state index contributed by atoms with van der Waals surface area (Å²) < 4.78 is 37.7. The first-order valence-corrected chi connectivity index (χ1v) is 11.7. The molecule has 2 aliphatic rings. The largest absolute Gasteiger partial charge is 0.494 e. The maximum absolute atomic E-state index is 11.2. The third kappa shape index (κ3) is 5.68. The zero-order chi connectivity index (χ0) is 20.8. The van der Waals surface area contributed by atoms with Gasteiger partial charge in [0.1, 0.15) is 5.75 Å². The molecule has 2 fully saturated rings. The fourth-order valence-corrected chi connectivity index (χ4v) is 4.61. The Morgan fingerprint density at radius 1 is 1.03 bits per heavy atom. The highest BCUT2D eigenvalue weighted by atomic mass is 32.3. The molecule has 2 aromatic rings. The molecule has 3 heterocycles. The average Bonchev–Trinajstić information content (AvgIpc) is 2.78. The number of hydrogen-bond donors (Lipinski definition) is 0. The normalized spacial score (nSPS) is 20.2. The van der Waals surface area contributed by atoms with Gasteiger partial charge in [0.15, 0.2) is 0 Å². The topological polar surface area (TPSA) is 90.9 Å². The molecule has 0 amide bonds. The molecule has 0 unspecified atom stereocenters. The van der Waals surface area contributed by atoms with Gasteiger partial charge in [-0.05, 0) is 55.4 Å². The number of hydrogen-bond acceptors (Lipinski definition) is 8. The molecule has 8 nitrogen and oxygen atoms in total. The van der Waals surface area contributed by atoms with Crippen LogP contribution in [0.5, 0.6) is 5.75 Å². The van der Waals surface area contributed by atoms with E-state index in [-0.39, 0.29) is 19.1 Å². The second-order valence-electron chi connectivity index (χ2n) is 7.71. The van der Waals surface area contributed by atoms with E-state index in [0.717, 1.165) is 62.0 Å². The van der Waals surface area contributed by atoms with Gasteiger partial charge < -0.3 is 9.64 Å². The van der Waals surface area contributed by atoms with Crippen molar-refractivity contribution in [1.29, 1.82) is 0 Å². The minimum atomic E-state index is -3.81. The lowest BCUT2D eigenvalue weighted by atomic mass is 9.92. The predicted octanol–water partition coefficient (Wildman–Crippen LogP) is 2.93. The van der Waals surface area contributed by atoms with Crippen LogP contribution in [0, 0.1) is 5.92 Å². The van der Waals surface area contributed by atoms with E-state index in [9.17, 15) is 8.42 Å². The van der Waals surface area contributed by atoms with E-state index in [1.165, 1.54) is 0 Å². The first kappa shape index (κ1) is 21.0. The number of aromatic nitrogens is 2. The van der Waals surface area contributed by atoms with E-state index in [1.807, 2.05) is 30.3 Å². The van der Waals surface area contributed by atoms with Gasteiger partial charge in [-0.15, -0.1) is 0 Å². The van der Waals surface area contributed by atoms with Crippen molar-refractivity contribution in [3.8, 4) is 5.75 Å². The van der Waals surface area contributed by atoms with Gasteiger partial charge in [-0.3, -0.25) is 0 Å². The van der Waals surface area contributed by atoms with Gasteiger partial charge in [0.2, 0.25) is 5.95 Å². The Kier molecular flexibility index (Phi) is 6.81. The van der Waals surface area contributed by atoms with E-state index in [0.29, 0.717) is 6.61 Å². The van der Waals surface area contributed by atoms with E-state index in [4.69, 9.17) is 13.1 Å². The summed E-state index contributed by atoms with van der Waals surface area (Å²) in [7, 11) is -3.81. The van der Waals surface area contributed by atoms with Crippen molar-refractivity contribution in [2.24, 2.45) is 5.92 Å². The first-order chi connectivity index (χ1) is 14.6. The van der Waals surface area contributed by atoms with Crippen molar-refractivity contribution in [2.45, 2.75) is 31.6 Å². The van der Waals surface area contributed by atoms with Gasteiger partial charge in [-0.1, -0.05) is 12.1 Å². The Hall–Kier alpha value is -2.23. The zero-order valence-electron chi connectivity index (χ0n) is 16.9. The van der Waals surface area contributed by atoms with Crippen molar-refractivity contribution in [3.05, 3.63) is 48.3 Å². The molecule has 9 heteroatoms. The predicted molar refractivity (Wildman–Crippen MR) is 112 cm³/mol. The van der Waals surface area contributed by atoms with Gasteiger partial charge >= 0.3 is 10.4 Å². The standard InChI is InChI=1S/C21H27N3O5S/c25-30(26)28-15-19(16-29-30)18-4-6-20(7-5-18)27-14-1-3-17-8-12-24(13-9-17)21-22-10-2-11-23-21/h2,4-7,10-11,17,19H,1,3,8-9,12-16H2. The second kappa shape index (κ2) is 9.72. The van der Waals surface area contributed by atoms with Crippen molar-refractivity contribution in [2.75, 3.05) is 37.8 Å². The Morgan fingerprint density at radius 2 is 1.70 bits per heavy atom. The van der Waals surface area contributed by atoms with Crippen LogP contribution < -0.4 is 9.64 Å². The Labute approximate surface area is 177 Å². The molecule has 0 radical (unpaired) electrons. The number of anilines is 1. The fourth-order valence-electron chi connectivity index (χ4n) is 3.88. The minimum absolute atomic E-state index is 0.0882. The molecule has 162 valence electrons. The molecule has 0 saturated carbocycles. The molecule has 1 aromatic carbocycles. The van der Waals surface area contributed by atoms with Crippen molar-refractivity contribution < 1.29 is 21.5 Å². The van der Waals surface area contributed by atoms with Crippen LogP contribution in [0.25, 0.3) is 0 Å². The summed E-state index contributed by atoms with van der Waals surface area (Å²) in [5.41, 5.74) is 0.978. The highest BCUT2D eigenvalue weighted by Gasteiger charge is 2.26. The summed E-state index contributed by atoms with van der Waals surface area (Å²) in [5.74, 6) is 2.28. The fraction of sp³-hybridized carbons (Fsp3) is 0.524. The van der Waals surface area contributed by atoms with Crippen molar-refractivity contribution >= 4 is 16.3 Å². The number of piperidine rings is 1. The first-order valence-electron chi connectivity index (χ1n) is 10.4. The van der Waals surface area contributed by atoms with Gasteiger partial charge in [0, 0.05) is 31.4 Å². The van der Waals surface area contributed by atoms with Crippen LogP contribution in [-0.2, 0) is 18.8 Å². The number of ether oxygens (including phenoxy) is 1. The molecule has 0 bridgehead atoms. The van der Waals surface area contributed by atoms with E-state index >= 15 is 0 Å². The minimum Gasteiger partial charge on any atom is -0.494 e. The SMILES string of the molecule is O=S1(=O)OCC(c2ccc(OCCCC3CCN(c4ncccn4)CC3)cc2)CO1. The molecule has 2 aliphatic heterocycles. The summed E-state index contributed by atoms with van der Waals surface area (Å²) in [6.45, 7) is 2.92. The van der Waals surface area contributed by atoms with Crippen LogP contribution in [0.15, 0.2) is 42.7 Å². The molecule has 0 atom stereocenters. The third-order valence-corrected chi connectivity index (χ3v) is 6.50. The number of rotatable bonds is 7. The molecule has 1 aromatic heterocycles. The van der Waals surface area contributed by atoms with Gasteiger partial charge in [-0.25, -0.2) is 18.3 Å². The smallest absolute Gasteiger partial charge is 0.399 e. The molecule has 0 N–H and O–H groups in total. The second-order valence-corrected chi connectivity index (χ2v) is 9.00. The highest BCUT2D eigenvalue weighted by molar-refractivity contribution is 7.81. The number of benzene rings is 1. The summed E-state index contributed by atoms with van der Waals surface area (Å²) in [5, 5.41) is 0. The van der Waals surface area contributed by atoms with E-state index < -0.39 is 10.4 Å². The molecule has 0 spiro atoms. The summed E-state index contributed by atoms with van der Waals surface area (Å²) in [6.07, 6.45) is 8.09. The van der Waals surface area contributed by atoms with Crippen LogP contribution in [-0.4, -0.2) is 51.3 Å². The van der Waals surface area contributed by atoms with Gasteiger partial charge in [-0.2, -0.15) is 8.42 Å². The Morgan fingerprint density at radius 3 is 2.37 bits per heavy atom. The van der Waals surface area contributed by atoms with Crippen molar-refractivity contribution in [1.82, 2.24) is 9.97 Å². The quantitative estimate of drug-likeness (QED) is 0.616. The molecule has 4 rings (SSSR count). The Bertz CT molecular complexity index is 886. The maximum atomic E-state index is 11.2. The van der Waals surface area contributed by atoms with Crippen LogP contribution >= 0.6 is 0 Å². The number of nitrogens with zero attached hydrogens (tertiary/aromatic N) is 3. The highest BCUT2D eigenvalue weighted by Crippen LogP contribution is 2.26. The lowest BCUT2D eigenvalue weighted by Gasteiger charge is -2.31. The van der Waals surface area contributed by atoms with E-state index in [2.05, 4.69) is 14.9 Å². The van der Waals surface area contributed by atoms with Crippen LogP contribution in [0.3, 0.4) is 0 Å². The Balaban J connectivity index is 1.14. The maximum Gasteiger partial charge on any atom is 0.399 e. The third-order valence-electron chi connectivity index (χ3n) is 5.65. The summed E-state index contributed by atoms with van der Waals surface area (Å²) in [4.78, 5) is 10.9. The van der Waals surface area contributed by atoms with Crippen LogP contribution in [0.4, 0.5) is 5.95 Å². The van der Waals surface area contributed by atoms with Crippen LogP contribution in [0.2, 0.25) is 0 Å². The molecular formula is C21H27N3O5S. The van der Waals surface area contributed by atoms with Crippen molar-refractivity contribution in [3.63, 3.8) is 0 Å². The van der Waals surface area contributed by atoms with Gasteiger partial charge in [0.05, 0.1) is 19.8 Å². The van der Waals surface area contributed by atoms with Gasteiger partial charge in [0.25, 0.3) is 0 Å². The lowest BCUT2D eigenvalue weighted by Crippen LogP contribution is -2.34. The average molecular weight is 434 g/mol. The zero-order valence-corrected chi connectivity index (χ0v) is 17.7. The molecule has 30 heavy (non-hydrogen) atoms.